The summed E-state index contributed by atoms with van der Waals surface area (Å²) in [6.45, 7) is 0. The summed E-state index contributed by atoms with van der Waals surface area (Å²) in [5.41, 5.74) is 1.90. The van der Waals surface area contributed by atoms with Gasteiger partial charge in [0.2, 0.25) is 5.91 Å². The van der Waals surface area contributed by atoms with Crippen LogP contribution in [-0.4, -0.2) is 30.1 Å². The first kappa shape index (κ1) is 20.5. The number of halogens is 1. The van der Waals surface area contributed by atoms with Gasteiger partial charge in [-0.15, -0.1) is 0 Å². The molecular weight excluding hydrogens is 476 g/mol. The number of rotatable bonds is 4. The number of hydrogen-bond acceptors (Lipinski definition) is 6. The predicted molar refractivity (Wildman–Crippen MR) is 121 cm³/mol. The van der Waals surface area contributed by atoms with E-state index in [0.29, 0.717) is 11.3 Å². The lowest BCUT2D eigenvalue weighted by molar-refractivity contribution is -0.126. The minimum atomic E-state index is -0.962. The average molecular weight is 495 g/mol. The topological polar surface area (TPSA) is 79.3 Å². The SMILES string of the molecule is COc1cc([C@@H]2[C@H]3C(=O)N(c4ccc(Br)cc4)C(=O)[C@H]3ON2c2ccccc2)ccc1O. The van der Waals surface area contributed by atoms with E-state index in [1.807, 2.05) is 30.3 Å². The summed E-state index contributed by atoms with van der Waals surface area (Å²) in [5, 5.41) is 11.7. The number of carbonyl (C=O) groups excluding carboxylic acids is 2. The van der Waals surface area contributed by atoms with E-state index in [1.54, 1.807) is 41.5 Å². The van der Waals surface area contributed by atoms with Crippen LogP contribution in [0.5, 0.6) is 11.5 Å². The van der Waals surface area contributed by atoms with Gasteiger partial charge in [0, 0.05) is 4.47 Å². The first-order valence-electron chi connectivity index (χ1n) is 10.0. The van der Waals surface area contributed by atoms with Gasteiger partial charge in [-0.05, 0) is 54.1 Å². The summed E-state index contributed by atoms with van der Waals surface area (Å²) < 4.78 is 6.12. The standard InChI is InChI=1S/C24H19BrN2O5/c1-31-19-13-14(7-12-18(19)28)21-20-22(32-27(21)17-5-3-2-4-6-17)24(30)26(23(20)29)16-10-8-15(25)9-11-16/h2-13,20-22,28H,1H3/t20-,21-,22+/m1/s1. The van der Waals surface area contributed by atoms with Crippen LogP contribution in [0, 0.1) is 5.92 Å². The Morgan fingerprint density at radius 3 is 2.34 bits per heavy atom. The highest BCUT2D eigenvalue weighted by atomic mass is 79.9. The van der Waals surface area contributed by atoms with Crippen LogP contribution in [0.2, 0.25) is 0 Å². The average Bonchev–Trinajstić information content (AvgIpc) is 3.32. The maximum atomic E-state index is 13.6. The van der Waals surface area contributed by atoms with Crippen LogP contribution >= 0.6 is 15.9 Å². The quantitative estimate of drug-likeness (QED) is 0.547. The molecule has 0 bridgehead atoms. The van der Waals surface area contributed by atoms with Crippen LogP contribution in [-0.2, 0) is 14.4 Å². The third kappa shape index (κ3) is 3.23. The smallest absolute Gasteiger partial charge is 0.266 e. The molecule has 5 rings (SSSR count). The van der Waals surface area contributed by atoms with Crippen LogP contribution in [0.25, 0.3) is 0 Å². The Kier molecular flexibility index (Phi) is 5.11. The number of nitrogens with zero attached hydrogens (tertiary/aromatic N) is 2. The Bertz CT molecular complexity index is 1180. The van der Waals surface area contributed by atoms with E-state index in [0.717, 1.165) is 10.2 Å². The van der Waals surface area contributed by atoms with Crippen molar-refractivity contribution in [3.8, 4) is 11.5 Å². The number of phenolic OH excluding ortho intramolecular Hbond substituents is 1. The minimum Gasteiger partial charge on any atom is -0.504 e. The number of imide groups is 1. The minimum absolute atomic E-state index is 0.0108. The fraction of sp³-hybridized carbons (Fsp3) is 0.167. The molecule has 0 unspecified atom stereocenters. The molecule has 2 amide bonds. The molecule has 2 saturated heterocycles. The number of hydroxylamine groups is 1. The molecule has 2 aliphatic rings. The highest BCUT2D eigenvalue weighted by Crippen LogP contribution is 2.48. The highest BCUT2D eigenvalue weighted by Gasteiger charge is 2.60. The summed E-state index contributed by atoms with van der Waals surface area (Å²) >= 11 is 3.37. The van der Waals surface area contributed by atoms with Gasteiger partial charge >= 0.3 is 0 Å². The highest BCUT2D eigenvalue weighted by molar-refractivity contribution is 9.10. The van der Waals surface area contributed by atoms with Crippen LogP contribution < -0.4 is 14.7 Å². The van der Waals surface area contributed by atoms with Crippen LogP contribution in [0.3, 0.4) is 0 Å². The van der Waals surface area contributed by atoms with E-state index < -0.39 is 24.0 Å². The van der Waals surface area contributed by atoms with E-state index in [1.165, 1.54) is 18.1 Å². The third-order valence-corrected chi connectivity index (χ3v) is 6.28. The molecule has 0 saturated carbocycles. The number of carbonyl (C=O) groups is 2. The fourth-order valence-corrected chi connectivity index (χ4v) is 4.54. The Morgan fingerprint density at radius 2 is 1.66 bits per heavy atom. The van der Waals surface area contributed by atoms with Crippen molar-refractivity contribution in [3.05, 3.63) is 82.8 Å². The van der Waals surface area contributed by atoms with Crippen LogP contribution in [0.1, 0.15) is 11.6 Å². The van der Waals surface area contributed by atoms with Gasteiger partial charge in [0.05, 0.1) is 24.5 Å². The van der Waals surface area contributed by atoms with Gasteiger partial charge in [0.25, 0.3) is 5.91 Å². The van der Waals surface area contributed by atoms with Gasteiger partial charge in [-0.25, -0.2) is 9.96 Å². The van der Waals surface area contributed by atoms with Crippen molar-refractivity contribution >= 4 is 39.1 Å². The maximum absolute atomic E-state index is 13.6. The molecule has 32 heavy (non-hydrogen) atoms. The summed E-state index contributed by atoms with van der Waals surface area (Å²) in [5.74, 6) is -1.24. The summed E-state index contributed by atoms with van der Waals surface area (Å²) in [7, 11) is 1.46. The summed E-state index contributed by atoms with van der Waals surface area (Å²) in [6.07, 6.45) is -0.962. The lowest BCUT2D eigenvalue weighted by atomic mass is 9.90. The second-order valence-corrected chi connectivity index (χ2v) is 8.49. The number of hydrogen-bond donors (Lipinski definition) is 1. The molecule has 3 atom stereocenters. The van der Waals surface area contributed by atoms with Crippen molar-refractivity contribution in [2.45, 2.75) is 12.1 Å². The van der Waals surface area contributed by atoms with E-state index in [9.17, 15) is 14.7 Å². The molecule has 8 heteroatoms. The van der Waals surface area contributed by atoms with Gasteiger partial charge in [-0.2, -0.15) is 0 Å². The molecule has 3 aromatic rings. The number of benzene rings is 3. The van der Waals surface area contributed by atoms with Gasteiger partial charge in [-0.3, -0.25) is 14.4 Å². The van der Waals surface area contributed by atoms with Gasteiger partial charge < -0.3 is 9.84 Å². The third-order valence-electron chi connectivity index (χ3n) is 5.76. The zero-order valence-corrected chi connectivity index (χ0v) is 18.6. The first-order valence-corrected chi connectivity index (χ1v) is 10.8. The number of amides is 2. The van der Waals surface area contributed by atoms with E-state index in [-0.39, 0.29) is 17.4 Å². The van der Waals surface area contributed by atoms with Crippen molar-refractivity contribution in [1.82, 2.24) is 0 Å². The van der Waals surface area contributed by atoms with Crippen LogP contribution in [0.4, 0.5) is 11.4 Å². The molecule has 2 heterocycles. The van der Waals surface area contributed by atoms with Gasteiger partial charge in [-0.1, -0.05) is 40.2 Å². The molecular formula is C24H19BrN2O5. The molecule has 0 spiro atoms. The number of ether oxygens (including phenoxy) is 1. The zero-order chi connectivity index (χ0) is 22.4. The van der Waals surface area contributed by atoms with Crippen LogP contribution in [0.15, 0.2) is 77.3 Å². The fourth-order valence-electron chi connectivity index (χ4n) is 4.28. The largest absolute Gasteiger partial charge is 0.504 e. The molecule has 1 N–H and O–H groups in total. The second-order valence-electron chi connectivity index (χ2n) is 7.58. The van der Waals surface area contributed by atoms with E-state index in [2.05, 4.69) is 15.9 Å². The Morgan fingerprint density at radius 1 is 0.938 bits per heavy atom. The number of phenols is 1. The number of aromatic hydroxyl groups is 1. The lowest BCUT2D eigenvalue weighted by Crippen LogP contribution is -2.37. The molecule has 2 aliphatic heterocycles. The number of para-hydroxylation sites is 1. The number of fused-ring (bicyclic) bond motifs is 1. The van der Waals surface area contributed by atoms with E-state index >= 15 is 0 Å². The molecule has 0 aliphatic carbocycles. The molecule has 162 valence electrons. The molecule has 0 aromatic heterocycles. The van der Waals surface area contributed by atoms with Crippen molar-refractivity contribution in [2.75, 3.05) is 17.1 Å². The van der Waals surface area contributed by atoms with Crippen molar-refractivity contribution in [1.29, 1.82) is 0 Å². The normalized spacial score (nSPS) is 22.4. The molecule has 3 aromatic carbocycles. The monoisotopic (exact) mass is 494 g/mol. The summed E-state index contributed by atoms with van der Waals surface area (Å²) in [6, 6.07) is 20.6. The summed E-state index contributed by atoms with van der Waals surface area (Å²) in [4.78, 5) is 34.2. The maximum Gasteiger partial charge on any atom is 0.266 e. The number of anilines is 2. The first-order chi connectivity index (χ1) is 15.5. The zero-order valence-electron chi connectivity index (χ0n) is 17.0. The lowest BCUT2D eigenvalue weighted by Gasteiger charge is -2.29. The Hall–Kier alpha value is -3.36. The van der Waals surface area contributed by atoms with E-state index in [4.69, 9.17) is 9.57 Å². The predicted octanol–water partition coefficient (Wildman–Crippen LogP) is 4.21. The molecule has 7 nitrogen and oxygen atoms in total. The Balaban J connectivity index is 1.60. The van der Waals surface area contributed by atoms with Crippen molar-refractivity contribution < 1.29 is 24.3 Å². The second kappa shape index (κ2) is 7.96. The van der Waals surface area contributed by atoms with Gasteiger partial charge in [0.1, 0.15) is 5.92 Å². The number of methoxy groups -OCH3 is 1. The van der Waals surface area contributed by atoms with Gasteiger partial charge in [0.15, 0.2) is 17.6 Å². The van der Waals surface area contributed by atoms with Crippen molar-refractivity contribution in [2.24, 2.45) is 5.92 Å². The molecule has 2 fully saturated rings. The van der Waals surface area contributed by atoms with Crippen molar-refractivity contribution in [3.63, 3.8) is 0 Å². The molecule has 0 radical (unpaired) electrons. The Labute approximate surface area is 192 Å².